The largest absolute Gasteiger partial charge is 0.478 e. The van der Waals surface area contributed by atoms with Crippen molar-refractivity contribution in [1.29, 1.82) is 0 Å². The standard InChI is InChI=1S/C13H18N2O3/c1-9-4-5-11(10(8-9)13(17)18)14-12(16)6-7-15(2)3/h4-5,8H,6-7H2,1-3H3,(H,14,16)(H,17,18). The van der Waals surface area contributed by atoms with Crippen molar-refractivity contribution in [3.63, 3.8) is 0 Å². The van der Waals surface area contributed by atoms with Crippen molar-refractivity contribution in [2.75, 3.05) is 26.0 Å². The third kappa shape index (κ3) is 4.18. The molecule has 98 valence electrons. The zero-order chi connectivity index (χ0) is 13.7. The molecule has 18 heavy (non-hydrogen) atoms. The highest BCUT2D eigenvalue weighted by atomic mass is 16.4. The first-order valence-electron chi connectivity index (χ1n) is 5.68. The van der Waals surface area contributed by atoms with E-state index >= 15 is 0 Å². The van der Waals surface area contributed by atoms with Gasteiger partial charge in [-0.05, 0) is 33.2 Å². The Morgan fingerprint density at radius 3 is 2.56 bits per heavy atom. The van der Waals surface area contributed by atoms with E-state index in [1.165, 1.54) is 0 Å². The lowest BCUT2D eigenvalue weighted by atomic mass is 10.1. The summed E-state index contributed by atoms with van der Waals surface area (Å²) in [5.74, 6) is -1.23. The number of nitrogens with zero attached hydrogens (tertiary/aromatic N) is 1. The van der Waals surface area contributed by atoms with E-state index in [1.54, 1.807) is 18.2 Å². The van der Waals surface area contributed by atoms with Gasteiger partial charge < -0.3 is 15.3 Å². The van der Waals surface area contributed by atoms with Gasteiger partial charge in [0.05, 0.1) is 11.3 Å². The molecule has 1 aromatic carbocycles. The van der Waals surface area contributed by atoms with Gasteiger partial charge in [0.1, 0.15) is 0 Å². The monoisotopic (exact) mass is 250 g/mol. The van der Waals surface area contributed by atoms with Crippen LogP contribution in [0.15, 0.2) is 18.2 Å². The number of aromatic carboxylic acids is 1. The van der Waals surface area contributed by atoms with E-state index in [2.05, 4.69) is 5.32 Å². The van der Waals surface area contributed by atoms with E-state index in [4.69, 9.17) is 5.11 Å². The molecule has 0 aromatic heterocycles. The summed E-state index contributed by atoms with van der Waals surface area (Å²) in [6.45, 7) is 2.43. The molecule has 0 spiro atoms. The third-order valence-electron chi connectivity index (χ3n) is 2.47. The number of carbonyl (C=O) groups excluding carboxylic acids is 1. The molecule has 0 aliphatic carbocycles. The van der Waals surface area contributed by atoms with E-state index in [0.29, 0.717) is 18.7 Å². The highest BCUT2D eigenvalue weighted by Gasteiger charge is 2.12. The van der Waals surface area contributed by atoms with Crippen molar-refractivity contribution in [3.8, 4) is 0 Å². The molecule has 5 nitrogen and oxygen atoms in total. The van der Waals surface area contributed by atoms with Gasteiger partial charge in [-0.25, -0.2) is 4.79 Å². The van der Waals surface area contributed by atoms with Gasteiger partial charge in [-0.1, -0.05) is 11.6 Å². The highest BCUT2D eigenvalue weighted by molar-refractivity contribution is 6.00. The van der Waals surface area contributed by atoms with Crippen LogP contribution in [0.3, 0.4) is 0 Å². The van der Waals surface area contributed by atoms with Crippen LogP contribution in [0.2, 0.25) is 0 Å². The minimum atomic E-state index is -1.04. The summed E-state index contributed by atoms with van der Waals surface area (Å²) in [6.07, 6.45) is 0.333. The number of anilines is 1. The quantitative estimate of drug-likeness (QED) is 0.832. The lowest BCUT2D eigenvalue weighted by Gasteiger charge is -2.11. The molecule has 0 radical (unpaired) electrons. The van der Waals surface area contributed by atoms with Gasteiger partial charge in [0, 0.05) is 13.0 Å². The van der Waals surface area contributed by atoms with Crippen molar-refractivity contribution in [1.82, 2.24) is 4.90 Å². The van der Waals surface area contributed by atoms with Gasteiger partial charge >= 0.3 is 5.97 Å². The fourth-order valence-corrected chi connectivity index (χ4v) is 1.48. The van der Waals surface area contributed by atoms with E-state index in [0.717, 1.165) is 5.56 Å². The average molecular weight is 250 g/mol. The molecule has 0 unspecified atom stereocenters. The van der Waals surface area contributed by atoms with Crippen molar-refractivity contribution < 1.29 is 14.7 Å². The summed E-state index contributed by atoms with van der Waals surface area (Å²) in [5.41, 5.74) is 1.31. The number of aryl methyl sites for hydroxylation is 1. The number of carbonyl (C=O) groups is 2. The Hall–Kier alpha value is -1.88. The summed E-state index contributed by atoms with van der Waals surface area (Å²) in [7, 11) is 3.75. The first kappa shape index (κ1) is 14.2. The molecular weight excluding hydrogens is 232 g/mol. The SMILES string of the molecule is Cc1ccc(NC(=O)CCN(C)C)c(C(=O)O)c1. The number of hydrogen-bond donors (Lipinski definition) is 2. The van der Waals surface area contributed by atoms with Crippen molar-refractivity contribution in [2.45, 2.75) is 13.3 Å². The summed E-state index contributed by atoms with van der Waals surface area (Å²) < 4.78 is 0. The first-order valence-corrected chi connectivity index (χ1v) is 5.68. The molecule has 1 aromatic rings. The molecule has 1 rings (SSSR count). The summed E-state index contributed by atoms with van der Waals surface area (Å²) in [4.78, 5) is 24.6. The Morgan fingerprint density at radius 1 is 1.33 bits per heavy atom. The van der Waals surface area contributed by atoms with Gasteiger partial charge in [-0.2, -0.15) is 0 Å². The van der Waals surface area contributed by atoms with Crippen LogP contribution in [-0.4, -0.2) is 42.5 Å². The Kier molecular flexibility index (Phi) is 4.85. The molecule has 0 bridgehead atoms. The zero-order valence-corrected chi connectivity index (χ0v) is 10.9. The normalized spacial score (nSPS) is 10.4. The van der Waals surface area contributed by atoms with E-state index in [9.17, 15) is 9.59 Å². The molecule has 0 fully saturated rings. The van der Waals surface area contributed by atoms with E-state index in [1.807, 2.05) is 25.9 Å². The molecule has 0 saturated carbocycles. The molecule has 0 saturated heterocycles. The van der Waals surface area contributed by atoms with Gasteiger partial charge in [-0.15, -0.1) is 0 Å². The predicted molar refractivity (Wildman–Crippen MR) is 69.9 cm³/mol. The van der Waals surface area contributed by atoms with Crippen LogP contribution in [0, 0.1) is 6.92 Å². The van der Waals surface area contributed by atoms with Crippen LogP contribution >= 0.6 is 0 Å². The number of rotatable bonds is 5. The lowest BCUT2D eigenvalue weighted by Crippen LogP contribution is -2.21. The molecule has 0 atom stereocenters. The minimum Gasteiger partial charge on any atom is -0.478 e. The van der Waals surface area contributed by atoms with Crippen LogP contribution in [0.1, 0.15) is 22.3 Å². The summed E-state index contributed by atoms with van der Waals surface area (Å²) >= 11 is 0. The van der Waals surface area contributed by atoms with Crippen LogP contribution in [0.4, 0.5) is 5.69 Å². The second-order valence-electron chi connectivity index (χ2n) is 4.46. The number of hydrogen-bond acceptors (Lipinski definition) is 3. The lowest BCUT2D eigenvalue weighted by molar-refractivity contribution is -0.116. The Balaban J connectivity index is 2.78. The van der Waals surface area contributed by atoms with Crippen LogP contribution in [0.25, 0.3) is 0 Å². The van der Waals surface area contributed by atoms with Gasteiger partial charge in [0.25, 0.3) is 0 Å². The predicted octanol–water partition coefficient (Wildman–Crippen LogP) is 1.58. The number of benzene rings is 1. The number of carboxylic acid groups (broad SMARTS) is 1. The summed E-state index contributed by atoms with van der Waals surface area (Å²) in [5, 5.41) is 11.7. The average Bonchev–Trinajstić information content (AvgIpc) is 2.28. The maximum Gasteiger partial charge on any atom is 0.337 e. The number of nitrogens with one attached hydrogen (secondary N) is 1. The second-order valence-corrected chi connectivity index (χ2v) is 4.46. The number of carboxylic acids is 1. The van der Waals surface area contributed by atoms with Crippen molar-refractivity contribution in [2.24, 2.45) is 0 Å². The van der Waals surface area contributed by atoms with Crippen LogP contribution in [-0.2, 0) is 4.79 Å². The molecule has 0 aliphatic heterocycles. The fourth-order valence-electron chi connectivity index (χ4n) is 1.48. The molecule has 1 amide bonds. The molecular formula is C13H18N2O3. The zero-order valence-electron chi connectivity index (χ0n) is 10.9. The fraction of sp³-hybridized carbons (Fsp3) is 0.385. The van der Waals surface area contributed by atoms with E-state index < -0.39 is 5.97 Å². The second kappa shape index (κ2) is 6.16. The van der Waals surface area contributed by atoms with Crippen molar-refractivity contribution >= 4 is 17.6 Å². The Labute approximate surface area is 106 Å². The van der Waals surface area contributed by atoms with E-state index in [-0.39, 0.29) is 11.5 Å². The smallest absolute Gasteiger partial charge is 0.337 e. The van der Waals surface area contributed by atoms with Crippen LogP contribution in [0.5, 0.6) is 0 Å². The maximum atomic E-state index is 11.6. The van der Waals surface area contributed by atoms with Crippen molar-refractivity contribution in [3.05, 3.63) is 29.3 Å². The Morgan fingerprint density at radius 2 is 2.00 bits per heavy atom. The maximum absolute atomic E-state index is 11.6. The van der Waals surface area contributed by atoms with Gasteiger partial charge in [0.15, 0.2) is 0 Å². The van der Waals surface area contributed by atoms with Crippen LogP contribution < -0.4 is 5.32 Å². The Bertz CT molecular complexity index is 456. The highest BCUT2D eigenvalue weighted by Crippen LogP contribution is 2.17. The third-order valence-corrected chi connectivity index (χ3v) is 2.47. The molecule has 5 heteroatoms. The molecule has 0 aliphatic rings. The molecule has 2 N–H and O–H groups in total. The first-order chi connectivity index (χ1) is 8.40. The topological polar surface area (TPSA) is 69.6 Å². The number of amides is 1. The van der Waals surface area contributed by atoms with Gasteiger partial charge in [-0.3, -0.25) is 4.79 Å². The van der Waals surface area contributed by atoms with Gasteiger partial charge in [0.2, 0.25) is 5.91 Å². The minimum absolute atomic E-state index is 0.119. The molecule has 0 heterocycles. The summed E-state index contributed by atoms with van der Waals surface area (Å²) in [6, 6.07) is 4.93.